The molecular formula is C13H18N2. The van der Waals surface area contributed by atoms with Gasteiger partial charge in [0.15, 0.2) is 0 Å². The molecule has 0 atom stereocenters. The van der Waals surface area contributed by atoms with Gasteiger partial charge in [-0.05, 0) is 18.9 Å². The molecular weight excluding hydrogens is 184 g/mol. The molecule has 0 amide bonds. The van der Waals surface area contributed by atoms with Crippen LogP contribution in [0.4, 0.5) is 0 Å². The van der Waals surface area contributed by atoms with Gasteiger partial charge in [-0.15, -0.1) is 0 Å². The molecule has 0 fully saturated rings. The van der Waals surface area contributed by atoms with E-state index in [9.17, 15) is 0 Å². The molecule has 80 valence electrons. The summed E-state index contributed by atoms with van der Waals surface area (Å²) in [5.74, 6) is 0. The number of hydrogen-bond donors (Lipinski definition) is 0. The van der Waals surface area contributed by atoms with Crippen LogP contribution in [0.2, 0.25) is 0 Å². The highest BCUT2D eigenvalue weighted by molar-refractivity contribution is 5.81. The Bertz CT molecular complexity index is 443. The maximum atomic E-state index is 4.58. The molecule has 1 heterocycles. The first kappa shape index (κ1) is 10.2. The highest BCUT2D eigenvalue weighted by Gasteiger charge is 2.06. The molecule has 0 aliphatic heterocycles. The number of fused-ring (bicyclic) bond motifs is 1. The summed E-state index contributed by atoms with van der Waals surface area (Å²) in [4.78, 5) is 0. The molecule has 1 aromatic heterocycles. The van der Waals surface area contributed by atoms with E-state index >= 15 is 0 Å². The van der Waals surface area contributed by atoms with E-state index in [1.807, 2.05) is 11.7 Å². The Hall–Kier alpha value is -1.31. The number of rotatable bonds is 4. The van der Waals surface area contributed by atoms with E-state index in [1.54, 1.807) is 0 Å². The average Bonchev–Trinajstić information content (AvgIpc) is 2.58. The summed E-state index contributed by atoms with van der Waals surface area (Å²) in [7, 11) is 2.02. The third-order valence-corrected chi connectivity index (χ3v) is 2.85. The molecule has 0 N–H and O–H groups in total. The molecule has 0 bridgehead atoms. The molecule has 0 spiro atoms. The standard InChI is InChI=1S/C13H18N2/c1-3-4-5-9-12-11-8-6-7-10-13(11)15(2)14-12/h6-8,10H,3-5,9H2,1-2H3. The highest BCUT2D eigenvalue weighted by Crippen LogP contribution is 2.19. The van der Waals surface area contributed by atoms with Gasteiger partial charge in [-0.2, -0.15) is 5.10 Å². The zero-order valence-corrected chi connectivity index (χ0v) is 9.53. The lowest BCUT2D eigenvalue weighted by Crippen LogP contribution is -1.92. The number of aromatic nitrogens is 2. The first-order valence-corrected chi connectivity index (χ1v) is 5.73. The summed E-state index contributed by atoms with van der Waals surface area (Å²) in [6.07, 6.45) is 4.92. The third kappa shape index (κ3) is 2.04. The Morgan fingerprint density at radius 3 is 2.80 bits per heavy atom. The second kappa shape index (κ2) is 4.47. The number of nitrogens with zero attached hydrogens (tertiary/aromatic N) is 2. The molecule has 0 unspecified atom stereocenters. The first-order valence-electron chi connectivity index (χ1n) is 5.73. The zero-order chi connectivity index (χ0) is 10.7. The van der Waals surface area contributed by atoms with Crippen molar-refractivity contribution in [3.63, 3.8) is 0 Å². The maximum absolute atomic E-state index is 4.58. The van der Waals surface area contributed by atoms with E-state index in [4.69, 9.17) is 0 Å². The van der Waals surface area contributed by atoms with Crippen LogP contribution in [-0.4, -0.2) is 9.78 Å². The SMILES string of the molecule is CCCCCc1nn(C)c2ccccc12. The molecule has 0 saturated carbocycles. The van der Waals surface area contributed by atoms with Gasteiger partial charge in [0, 0.05) is 12.4 Å². The van der Waals surface area contributed by atoms with Gasteiger partial charge in [-0.25, -0.2) is 0 Å². The van der Waals surface area contributed by atoms with Gasteiger partial charge in [0.25, 0.3) is 0 Å². The number of para-hydroxylation sites is 1. The van der Waals surface area contributed by atoms with Gasteiger partial charge in [0.05, 0.1) is 11.2 Å². The normalized spacial score (nSPS) is 11.1. The van der Waals surface area contributed by atoms with E-state index in [1.165, 1.54) is 35.9 Å². The summed E-state index contributed by atoms with van der Waals surface area (Å²) in [5.41, 5.74) is 2.49. The summed E-state index contributed by atoms with van der Waals surface area (Å²) in [6.45, 7) is 2.23. The number of aryl methyl sites for hydroxylation is 2. The Balaban J connectivity index is 2.27. The minimum atomic E-state index is 1.11. The predicted molar refractivity (Wildman–Crippen MR) is 63.9 cm³/mol. The second-order valence-corrected chi connectivity index (χ2v) is 4.04. The Labute approximate surface area is 90.9 Å². The van der Waals surface area contributed by atoms with Gasteiger partial charge < -0.3 is 0 Å². The fourth-order valence-corrected chi connectivity index (χ4v) is 2.02. The topological polar surface area (TPSA) is 17.8 Å². The molecule has 0 saturated heterocycles. The van der Waals surface area contributed by atoms with E-state index < -0.39 is 0 Å². The predicted octanol–water partition coefficient (Wildman–Crippen LogP) is 3.31. The first-order chi connectivity index (χ1) is 7.33. The smallest absolute Gasteiger partial charge is 0.0703 e. The van der Waals surface area contributed by atoms with Crippen molar-refractivity contribution < 1.29 is 0 Å². The quantitative estimate of drug-likeness (QED) is 0.695. The fourth-order valence-electron chi connectivity index (χ4n) is 2.02. The van der Waals surface area contributed by atoms with Crippen LogP contribution in [0.1, 0.15) is 31.9 Å². The minimum Gasteiger partial charge on any atom is -0.268 e. The summed E-state index contributed by atoms with van der Waals surface area (Å²) in [5, 5.41) is 5.89. The van der Waals surface area contributed by atoms with Gasteiger partial charge in [-0.1, -0.05) is 38.0 Å². The van der Waals surface area contributed by atoms with Crippen LogP contribution in [0.5, 0.6) is 0 Å². The van der Waals surface area contributed by atoms with Crippen LogP contribution in [0.25, 0.3) is 10.9 Å². The van der Waals surface area contributed by atoms with Crippen molar-refractivity contribution in [1.82, 2.24) is 9.78 Å². The van der Waals surface area contributed by atoms with Crippen molar-refractivity contribution in [2.75, 3.05) is 0 Å². The molecule has 2 rings (SSSR count). The van der Waals surface area contributed by atoms with Crippen molar-refractivity contribution >= 4 is 10.9 Å². The molecule has 0 aliphatic rings. The van der Waals surface area contributed by atoms with Crippen LogP contribution in [0.3, 0.4) is 0 Å². The van der Waals surface area contributed by atoms with Crippen molar-refractivity contribution in [2.45, 2.75) is 32.6 Å². The minimum absolute atomic E-state index is 1.11. The number of benzene rings is 1. The van der Waals surface area contributed by atoms with Gasteiger partial charge in [-0.3, -0.25) is 4.68 Å². The van der Waals surface area contributed by atoms with Crippen molar-refractivity contribution in [2.24, 2.45) is 7.05 Å². The fraction of sp³-hybridized carbons (Fsp3) is 0.462. The van der Waals surface area contributed by atoms with Crippen LogP contribution in [0.15, 0.2) is 24.3 Å². The van der Waals surface area contributed by atoms with E-state index in [2.05, 4.69) is 36.3 Å². The Morgan fingerprint density at radius 1 is 1.20 bits per heavy atom. The number of unbranched alkanes of at least 4 members (excludes halogenated alkanes) is 2. The molecule has 2 aromatic rings. The molecule has 2 nitrogen and oxygen atoms in total. The lowest BCUT2D eigenvalue weighted by Gasteiger charge is -1.95. The largest absolute Gasteiger partial charge is 0.268 e. The maximum Gasteiger partial charge on any atom is 0.0703 e. The van der Waals surface area contributed by atoms with Crippen molar-refractivity contribution in [3.8, 4) is 0 Å². The van der Waals surface area contributed by atoms with Crippen molar-refractivity contribution in [1.29, 1.82) is 0 Å². The Morgan fingerprint density at radius 2 is 2.00 bits per heavy atom. The lowest BCUT2D eigenvalue weighted by atomic mass is 10.1. The molecule has 0 aliphatic carbocycles. The molecule has 1 aromatic carbocycles. The van der Waals surface area contributed by atoms with E-state index in [0.29, 0.717) is 0 Å². The molecule has 15 heavy (non-hydrogen) atoms. The van der Waals surface area contributed by atoms with E-state index in [-0.39, 0.29) is 0 Å². The third-order valence-electron chi connectivity index (χ3n) is 2.85. The van der Waals surface area contributed by atoms with Gasteiger partial charge >= 0.3 is 0 Å². The lowest BCUT2D eigenvalue weighted by molar-refractivity contribution is 0.688. The summed E-state index contributed by atoms with van der Waals surface area (Å²) >= 11 is 0. The average molecular weight is 202 g/mol. The van der Waals surface area contributed by atoms with Gasteiger partial charge in [0.2, 0.25) is 0 Å². The van der Waals surface area contributed by atoms with Crippen LogP contribution < -0.4 is 0 Å². The Kier molecular flexibility index (Phi) is 3.05. The van der Waals surface area contributed by atoms with E-state index in [0.717, 1.165) is 6.42 Å². The summed E-state index contributed by atoms with van der Waals surface area (Å²) in [6, 6.07) is 8.46. The highest BCUT2D eigenvalue weighted by atomic mass is 15.3. The number of hydrogen-bond acceptors (Lipinski definition) is 1. The van der Waals surface area contributed by atoms with Gasteiger partial charge in [0.1, 0.15) is 0 Å². The second-order valence-electron chi connectivity index (χ2n) is 4.04. The molecule has 0 radical (unpaired) electrons. The van der Waals surface area contributed by atoms with Crippen molar-refractivity contribution in [3.05, 3.63) is 30.0 Å². The molecule has 2 heteroatoms. The van der Waals surface area contributed by atoms with Crippen LogP contribution in [0, 0.1) is 0 Å². The zero-order valence-electron chi connectivity index (χ0n) is 9.53. The summed E-state index contributed by atoms with van der Waals surface area (Å²) < 4.78 is 1.98. The van der Waals surface area contributed by atoms with Crippen LogP contribution >= 0.6 is 0 Å². The monoisotopic (exact) mass is 202 g/mol. The van der Waals surface area contributed by atoms with Crippen LogP contribution in [-0.2, 0) is 13.5 Å².